The maximum atomic E-state index is 11.8. The van der Waals surface area contributed by atoms with Gasteiger partial charge >= 0.3 is 41.7 Å². The van der Waals surface area contributed by atoms with Crippen molar-refractivity contribution < 1.29 is 27.8 Å². The van der Waals surface area contributed by atoms with E-state index in [1.165, 1.54) is 6.92 Å². The van der Waals surface area contributed by atoms with Gasteiger partial charge < -0.3 is 9.84 Å². The second-order valence-electron chi connectivity index (χ2n) is 2.05. The van der Waals surface area contributed by atoms with Crippen molar-refractivity contribution in [2.45, 2.75) is 13.1 Å². The number of nitrogens with zero attached hydrogens (tertiary/aromatic N) is 1. The van der Waals surface area contributed by atoms with Crippen LogP contribution < -0.4 is 0 Å². The number of alkyl halides is 3. The van der Waals surface area contributed by atoms with E-state index in [0.29, 0.717) is 0 Å². The molecule has 0 aliphatic rings. The van der Waals surface area contributed by atoms with Gasteiger partial charge in [-0.05, 0) is 6.92 Å². The number of esters is 1. The number of aliphatic hydroxyl groups excluding tert-OH is 1. The Morgan fingerprint density at radius 1 is 1.53 bits per heavy atom. The Hall–Kier alpha value is -0.710. The van der Waals surface area contributed by atoms with E-state index in [2.05, 4.69) is 4.74 Å². The van der Waals surface area contributed by atoms with E-state index in [0.717, 1.165) is 6.07 Å². The van der Waals surface area contributed by atoms with Gasteiger partial charge in [0.05, 0.1) is 6.61 Å². The summed E-state index contributed by atoms with van der Waals surface area (Å²) in [6, 6.07) is 0.928. The summed E-state index contributed by atoms with van der Waals surface area (Å²) in [5.74, 6) is -3.73. The zero-order valence-corrected chi connectivity index (χ0v) is 7.05. The summed E-state index contributed by atoms with van der Waals surface area (Å²) < 4.78 is 39.6. The van der Waals surface area contributed by atoms with Gasteiger partial charge in [0.25, 0.3) is 0 Å². The first kappa shape index (κ1) is 16.7. The van der Waals surface area contributed by atoms with Crippen LogP contribution in [0.15, 0.2) is 11.3 Å². The van der Waals surface area contributed by atoms with Gasteiger partial charge in [-0.1, -0.05) is 0 Å². The molecule has 0 saturated carbocycles. The van der Waals surface area contributed by atoms with E-state index >= 15 is 0 Å². The molecule has 0 radical (unpaired) electrons. The molecule has 80 valence electrons. The van der Waals surface area contributed by atoms with Crippen molar-refractivity contribution in [2.75, 3.05) is 6.61 Å². The molecule has 0 aromatic rings. The van der Waals surface area contributed by atoms with Gasteiger partial charge in [0.2, 0.25) is 5.76 Å². The predicted molar refractivity (Wildman–Crippen MR) is 45.1 cm³/mol. The molecule has 15 heavy (non-hydrogen) atoms. The Morgan fingerprint density at radius 2 is 2.00 bits per heavy atom. The molecule has 1 N–H and O–H groups in total. The van der Waals surface area contributed by atoms with Crippen LogP contribution in [0.2, 0.25) is 0 Å². The first-order chi connectivity index (χ1) is 6.34. The number of aliphatic hydroxyl groups is 1. The normalized spacial score (nSPS) is 11.9. The van der Waals surface area contributed by atoms with Crippen LogP contribution in [0.3, 0.4) is 0 Å². The van der Waals surface area contributed by atoms with E-state index in [4.69, 9.17) is 10.4 Å². The van der Waals surface area contributed by atoms with Crippen molar-refractivity contribution in [1.82, 2.24) is 0 Å². The number of ether oxygens (including phenoxy) is 1. The minimum atomic E-state index is -5.13. The number of hydrogen-bond donors (Lipinski definition) is 1. The predicted octanol–water partition coefficient (Wildman–Crippen LogP) is 0.799. The van der Waals surface area contributed by atoms with Crippen LogP contribution in [0.1, 0.15) is 6.92 Å². The van der Waals surface area contributed by atoms with Crippen LogP contribution in [0, 0.1) is 11.3 Å². The van der Waals surface area contributed by atoms with Gasteiger partial charge in [-0.15, -0.1) is 0 Å². The van der Waals surface area contributed by atoms with Gasteiger partial charge in [-0.2, -0.15) is 18.4 Å². The molecule has 0 aliphatic heterocycles. The summed E-state index contributed by atoms with van der Waals surface area (Å²) >= 11 is 0. The van der Waals surface area contributed by atoms with Crippen molar-refractivity contribution in [2.24, 2.45) is 0 Å². The molecule has 0 aliphatic carbocycles. The fourth-order valence-corrected chi connectivity index (χ4v) is 0.540. The first-order valence-corrected chi connectivity index (χ1v) is 3.42. The Morgan fingerprint density at radius 3 is 2.27 bits per heavy atom. The van der Waals surface area contributed by atoms with Crippen LogP contribution in [-0.4, -0.2) is 53.4 Å². The van der Waals surface area contributed by atoms with E-state index in [-0.39, 0.29) is 36.2 Å². The third-order valence-corrected chi connectivity index (χ3v) is 1.10. The molecule has 0 atom stereocenters. The molecule has 0 rings (SSSR count). The zero-order valence-electron chi connectivity index (χ0n) is 7.05. The van der Waals surface area contributed by atoms with E-state index in [1.807, 2.05) is 0 Å². The van der Waals surface area contributed by atoms with Crippen molar-refractivity contribution in [3.8, 4) is 6.07 Å². The molecule has 4 nitrogen and oxygen atoms in total. The molecule has 0 bridgehead atoms. The Labute approximate surface area is 106 Å². The molecular weight excluding hydrogens is 226 g/mol. The van der Waals surface area contributed by atoms with E-state index in [9.17, 15) is 18.0 Å². The van der Waals surface area contributed by atoms with Gasteiger partial charge in [-0.25, -0.2) is 4.79 Å². The Bertz CT molecular complexity index is 306. The van der Waals surface area contributed by atoms with Crippen molar-refractivity contribution in [1.29, 1.82) is 5.26 Å². The topological polar surface area (TPSA) is 70.3 Å². The quantitative estimate of drug-likeness (QED) is 0.252. The van der Waals surface area contributed by atoms with E-state index < -0.39 is 23.5 Å². The number of carbonyl (C=O) groups is 1. The first-order valence-electron chi connectivity index (χ1n) is 3.42. The fraction of sp³-hybridized carbons (Fsp3) is 0.429. The Kier molecular flexibility index (Phi) is 7.48. The number of carbonyl (C=O) groups excluding carboxylic acids is 1. The summed E-state index contributed by atoms with van der Waals surface area (Å²) in [5.41, 5.74) is -1.45. The van der Waals surface area contributed by atoms with E-state index in [1.54, 1.807) is 0 Å². The minimum absolute atomic E-state index is 0. The summed E-state index contributed by atoms with van der Waals surface area (Å²) in [4.78, 5) is 10.7. The van der Waals surface area contributed by atoms with Crippen molar-refractivity contribution in [3.63, 3.8) is 0 Å². The fourth-order valence-electron chi connectivity index (χ4n) is 0.540. The molecule has 0 fully saturated rings. The molecule has 0 heterocycles. The molecular formula is C7H7F3NNaO3. The molecule has 0 aromatic heterocycles. The number of halogens is 3. The number of nitriles is 1. The summed E-state index contributed by atoms with van der Waals surface area (Å²) in [7, 11) is 0. The summed E-state index contributed by atoms with van der Waals surface area (Å²) in [6.07, 6.45) is -5.13. The average Bonchev–Trinajstić information content (AvgIpc) is 2.04. The summed E-state index contributed by atoms with van der Waals surface area (Å²) in [6.45, 7) is 1.17. The van der Waals surface area contributed by atoms with Gasteiger partial charge in [0, 0.05) is 0 Å². The maximum absolute atomic E-state index is 11.8. The average molecular weight is 233 g/mol. The van der Waals surface area contributed by atoms with Gasteiger partial charge in [-0.3, -0.25) is 0 Å². The number of hydrogen-bond acceptors (Lipinski definition) is 4. The standard InChI is InChI=1S/C7H6F3NO3.Na.H/c1-2-14-6(13)4(3-11)5(12)7(8,9)10;;/h12H,2H2,1H3;;. The molecule has 0 aromatic carbocycles. The second-order valence-corrected chi connectivity index (χ2v) is 2.05. The zero-order chi connectivity index (χ0) is 11.4. The monoisotopic (exact) mass is 233 g/mol. The number of rotatable bonds is 2. The van der Waals surface area contributed by atoms with Crippen LogP contribution in [-0.2, 0) is 9.53 Å². The van der Waals surface area contributed by atoms with Gasteiger partial charge in [0.1, 0.15) is 6.07 Å². The van der Waals surface area contributed by atoms with Crippen molar-refractivity contribution in [3.05, 3.63) is 11.3 Å². The third-order valence-electron chi connectivity index (χ3n) is 1.10. The number of allylic oxidation sites excluding steroid dienone is 1. The van der Waals surface area contributed by atoms with Crippen molar-refractivity contribution >= 4 is 35.5 Å². The molecule has 0 unspecified atom stereocenters. The van der Waals surface area contributed by atoms with Crippen LogP contribution in [0.4, 0.5) is 13.2 Å². The molecule has 0 saturated heterocycles. The van der Waals surface area contributed by atoms with Crippen LogP contribution >= 0.6 is 0 Å². The molecule has 0 spiro atoms. The second kappa shape index (κ2) is 6.71. The summed E-state index contributed by atoms with van der Waals surface area (Å²) in [5, 5.41) is 16.7. The Balaban J connectivity index is 0. The molecule has 0 amide bonds. The van der Waals surface area contributed by atoms with Gasteiger partial charge in [0.15, 0.2) is 5.57 Å². The van der Waals surface area contributed by atoms with Crippen LogP contribution in [0.25, 0.3) is 0 Å². The SMILES string of the molecule is CCOC(=O)C(C#N)=C(O)C(F)(F)F.[NaH]. The molecule has 8 heteroatoms. The van der Waals surface area contributed by atoms with Crippen LogP contribution in [0.5, 0.6) is 0 Å². The third kappa shape index (κ3) is 5.06.